The lowest BCUT2D eigenvalue weighted by molar-refractivity contribution is -0.385. The summed E-state index contributed by atoms with van der Waals surface area (Å²) in [4.78, 5) is 26.3. The number of guanidine groups is 1. The normalized spacial score (nSPS) is 11.2. The summed E-state index contributed by atoms with van der Waals surface area (Å²) in [6, 6.07) is 6.47. The number of nitrogens with one attached hydrogen (secondary N) is 3. The molecule has 3 N–H and O–H groups in total. The number of nitrogens with zero attached hydrogens (tertiary/aromatic N) is 2. The lowest BCUT2D eigenvalue weighted by atomic mass is 10.1. The number of para-hydroxylation sites is 1. The van der Waals surface area contributed by atoms with Crippen LogP contribution < -0.4 is 16.0 Å². The van der Waals surface area contributed by atoms with Crippen LogP contribution >= 0.6 is 24.0 Å². The third-order valence-electron chi connectivity index (χ3n) is 2.79. The third kappa shape index (κ3) is 8.09. The summed E-state index contributed by atoms with van der Waals surface area (Å²) in [5, 5.41) is 19.6. The average molecular weight is 449 g/mol. The van der Waals surface area contributed by atoms with Gasteiger partial charge in [-0.2, -0.15) is 0 Å². The molecule has 0 aromatic heterocycles. The number of halogens is 1. The van der Waals surface area contributed by atoms with Gasteiger partial charge in [-0.05, 0) is 20.8 Å². The van der Waals surface area contributed by atoms with E-state index in [0.29, 0.717) is 11.5 Å². The zero-order valence-corrected chi connectivity index (χ0v) is 16.6. The number of amides is 1. The number of carbonyl (C=O) groups excluding carboxylic acids is 1. The summed E-state index contributed by atoms with van der Waals surface area (Å²) < 4.78 is 0. The predicted molar refractivity (Wildman–Crippen MR) is 105 cm³/mol. The molecule has 0 saturated heterocycles. The maximum Gasteiger partial charge on any atom is 0.274 e. The Labute approximate surface area is 158 Å². The average Bonchev–Trinajstić information content (AvgIpc) is 2.45. The van der Waals surface area contributed by atoms with Gasteiger partial charge in [-0.25, -0.2) is 0 Å². The van der Waals surface area contributed by atoms with Gasteiger partial charge in [0.25, 0.3) is 5.69 Å². The van der Waals surface area contributed by atoms with E-state index in [-0.39, 0.29) is 54.2 Å². The third-order valence-corrected chi connectivity index (χ3v) is 2.79. The molecule has 0 aliphatic rings. The topological polar surface area (TPSA) is 109 Å². The highest BCUT2D eigenvalue weighted by Gasteiger charge is 2.15. The summed E-state index contributed by atoms with van der Waals surface area (Å²) in [5.74, 6) is 0.235. The lowest BCUT2D eigenvalue weighted by Gasteiger charge is -2.21. The number of nitro benzene ring substituents is 1. The van der Waals surface area contributed by atoms with Gasteiger partial charge in [-0.15, -0.1) is 24.0 Å². The summed E-state index contributed by atoms with van der Waals surface area (Å²) >= 11 is 0. The second-order valence-electron chi connectivity index (χ2n) is 5.96. The molecule has 0 heterocycles. The van der Waals surface area contributed by atoms with E-state index >= 15 is 0 Å². The molecular formula is C15H24IN5O3. The fraction of sp³-hybridized carbons (Fsp3) is 0.467. The van der Waals surface area contributed by atoms with Crippen LogP contribution in [0.25, 0.3) is 0 Å². The van der Waals surface area contributed by atoms with Crippen LogP contribution in [-0.4, -0.2) is 35.9 Å². The van der Waals surface area contributed by atoms with Crippen molar-refractivity contribution in [2.75, 3.05) is 13.6 Å². The number of nitro groups is 1. The Morgan fingerprint density at radius 3 is 2.42 bits per heavy atom. The van der Waals surface area contributed by atoms with Crippen LogP contribution in [0.5, 0.6) is 0 Å². The Balaban J connectivity index is 0.00000529. The van der Waals surface area contributed by atoms with E-state index in [2.05, 4.69) is 20.9 Å². The first-order chi connectivity index (χ1) is 10.7. The highest BCUT2D eigenvalue weighted by Crippen LogP contribution is 2.16. The molecule has 0 fully saturated rings. The number of benzene rings is 1. The molecule has 8 nitrogen and oxygen atoms in total. The Hall–Kier alpha value is -1.91. The molecule has 9 heteroatoms. The standard InChI is InChI=1S/C15H23N5O3.HI/c1-15(2,3)19-13(21)10-18-14(16-4)17-9-11-7-5-6-8-12(11)20(22)23;/h5-8H,9-10H2,1-4H3,(H,19,21)(H2,16,17,18);1H. The molecule has 0 atom stereocenters. The van der Waals surface area contributed by atoms with Crippen LogP contribution in [0.15, 0.2) is 29.3 Å². The Morgan fingerprint density at radius 2 is 1.88 bits per heavy atom. The van der Waals surface area contributed by atoms with Gasteiger partial charge < -0.3 is 16.0 Å². The number of hydrogen-bond donors (Lipinski definition) is 3. The largest absolute Gasteiger partial charge is 0.352 e. The fourth-order valence-corrected chi connectivity index (χ4v) is 1.86. The second kappa shape index (κ2) is 10.1. The smallest absolute Gasteiger partial charge is 0.274 e. The van der Waals surface area contributed by atoms with E-state index in [4.69, 9.17) is 0 Å². The van der Waals surface area contributed by atoms with Gasteiger partial charge in [0.05, 0.1) is 11.5 Å². The van der Waals surface area contributed by atoms with Gasteiger partial charge in [0.2, 0.25) is 5.91 Å². The van der Waals surface area contributed by atoms with Crippen LogP contribution in [0.3, 0.4) is 0 Å². The first kappa shape index (κ1) is 22.1. The number of carbonyl (C=O) groups is 1. The van der Waals surface area contributed by atoms with Crippen molar-refractivity contribution in [3.05, 3.63) is 39.9 Å². The van der Waals surface area contributed by atoms with Crippen LogP contribution in [0.2, 0.25) is 0 Å². The molecule has 134 valence electrons. The van der Waals surface area contributed by atoms with Crippen molar-refractivity contribution in [1.29, 1.82) is 0 Å². The van der Waals surface area contributed by atoms with Crippen LogP contribution in [0.4, 0.5) is 5.69 Å². The Bertz CT molecular complexity index is 599. The number of rotatable bonds is 5. The van der Waals surface area contributed by atoms with E-state index in [0.717, 1.165) is 0 Å². The highest BCUT2D eigenvalue weighted by molar-refractivity contribution is 14.0. The molecule has 0 spiro atoms. The molecule has 0 aliphatic heterocycles. The molecule has 0 unspecified atom stereocenters. The molecule has 0 bridgehead atoms. The minimum atomic E-state index is -0.427. The Morgan fingerprint density at radius 1 is 1.25 bits per heavy atom. The van der Waals surface area contributed by atoms with Gasteiger partial charge in [0.15, 0.2) is 5.96 Å². The van der Waals surface area contributed by atoms with E-state index in [9.17, 15) is 14.9 Å². The summed E-state index contributed by atoms with van der Waals surface area (Å²) in [6.45, 7) is 5.98. The van der Waals surface area contributed by atoms with E-state index in [1.54, 1.807) is 25.2 Å². The number of aliphatic imine (C=N–C) groups is 1. The van der Waals surface area contributed by atoms with Crippen molar-refractivity contribution in [2.45, 2.75) is 32.9 Å². The summed E-state index contributed by atoms with van der Waals surface area (Å²) in [6.07, 6.45) is 0. The zero-order chi connectivity index (χ0) is 17.5. The molecule has 1 aromatic rings. The molecule has 24 heavy (non-hydrogen) atoms. The van der Waals surface area contributed by atoms with Crippen molar-refractivity contribution in [3.63, 3.8) is 0 Å². The maximum absolute atomic E-state index is 11.8. The number of hydrogen-bond acceptors (Lipinski definition) is 4. The first-order valence-electron chi connectivity index (χ1n) is 7.21. The van der Waals surface area contributed by atoms with Crippen molar-refractivity contribution < 1.29 is 9.72 Å². The Kier molecular flexibility index (Phi) is 9.26. The molecule has 0 aliphatic carbocycles. The second-order valence-corrected chi connectivity index (χ2v) is 5.96. The van der Waals surface area contributed by atoms with E-state index in [1.807, 2.05) is 20.8 Å². The van der Waals surface area contributed by atoms with Crippen molar-refractivity contribution in [3.8, 4) is 0 Å². The molecule has 1 rings (SSSR count). The van der Waals surface area contributed by atoms with Crippen molar-refractivity contribution in [1.82, 2.24) is 16.0 Å². The van der Waals surface area contributed by atoms with Gasteiger partial charge in [0.1, 0.15) is 0 Å². The van der Waals surface area contributed by atoms with Crippen LogP contribution in [-0.2, 0) is 11.3 Å². The quantitative estimate of drug-likeness (QED) is 0.209. The molecule has 0 radical (unpaired) electrons. The summed E-state index contributed by atoms with van der Waals surface area (Å²) in [5.41, 5.74) is 0.279. The van der Waals surface area contributed by atoms with Crippen molar-refractivity contribution >= 4 is 41.5 Å². The molecule has 1 aromatic carbocycles. The van der Waals surface area contributed by atoms with Gasteiger partial charge in [0, 0.05) is 30.8 Å². The molecule has 0 saturated carbocycles. The first-order valence-corrected chi connectivity index (χ1v) is 7.21. The van der Waals surface area contributed by atoms with Crippen molar-refractivity contribution in [2.24, 2.45) is 4.99 Å². The van der Waals surface area contributed by atoms with Gasteiger partial charge >= 0.3 is 0 Å². The minimum absolute atomic E-state index is 0. The minimum Gasteiger partial charge on any atom is -0.352 e. The lowest BCUT2D eigenvalue weighted by Crippen LogP contribution is -2.48. The SMILES string of the molecule is CN=C(NCC(=O)NC(C)(C)C)NCc1ccccc1[N+](=O)[O-].I. The fourth-order valence-electron chi connectivity index (χ4n) is 1.86. The van der Waals surface area contributed by atoms with Gasteiger partial charge in [-0.1, -0.05) is 18.2 Å². The van der Waals surface area contributed by atoms with Crippen LogP contribution in [0, 0.1) is 10.1 Å². The molecule has 1 amide bonds. The maximum atomic E-state index is 11.8. The summed E-state index contributed by atoms with van der Waals surface area (Å²) in [7, 11) is 1.57. The van der Waals surface area contributed by atoms with Gasteiger partial charge in [-0.3, -0.25) is 19.9 Å². The highest BCUT2D eigenvalue weighted by atomic mass is 127. The molecular weight excluding hydrogens is 425 g/mol. The van der Waals surface area contributed by atoms with E-state index < -0.39 is 4.92 Å². The van der Waals surface area contributed by atoms with Crippen LogP contribution in [0.1, 0.15) is 26.3 Å². The predicted octanol–water partition coefficient (Wildman–Crippen LogP) is 1.79. The zero-order valence-electron chi connectivity index (χ0n) is 14.3. The monoisotopic (exact) mass is 449 g/mol. The van der Waals surface area contributed by atoms with E-state index in [1.165, 1.54) is 6.07 Å².